The Bertz CT molecular complexity index is 330. The zero-order valence-electron chi connectivity index (χ0n) is 8.14. The van der Waals surface area contributed by atoms with E-state index in [-0.39, 0.29) is 12.5 Å². The summed E-state index contributed by atoms with van der Waals surface area (Å²) in [5.74, 6) is -2.54. The number of hydrogen-bond acceptors (Lipinski definition) is 3. The minimum absolute atomic E-state index is 0.0780. The SMILES string of the molecule is N#CCNC(=O)[C@@H]1CC=CC[C@@H]1C(=O)O. The zero-order valence-corrected chi connectivity index (χ0v) is 8.14. The van der Waals surface area contributed by atoms with Crippen molar-refractivity contribution in [2.75, 3.05) is 6.54 Å². The fourth-order valence-electron chi connectivity index (χ4n) is 1.63. The molecular weight excluding hydrogens is 196 g/mol. The van der Waals surface area contributed by atoms with Gasteiger partial charge in [0.2, 0.25) is 5.91 Å². The number of amides is 1. The van der Waals surface area contributed by atoms with Crippen molar-refractivity contribution >= 4 is 11.9 Å². The second-order valence-electron chi connectivity index (χ2n) is 3.37. The van der Waals surface area contributed by atoms with E-state index in [0.717, 1.165) is 0 Å². The van der Waals surface area contributed by atoms with Crippen LogP contribution in [0.4, 0.5) is 0 Å². The van der Waals surface area contributed by atoms with Gasteiger partial charge in [0, 0.05) is 0 Å². The van der Waals surface area contributed by atoms with E-state index in [1.54, 1.807) is 18.2 Å². The van der Waals surface area contributed by atoms with Crippen molar-refractivity contribution in [1.82, 2.24) is 5.32 Å². The Morgan fingerprint density at radius 2 is 2.00 bits per heavy atom. The third-order valence-electron chi connectivity index (χ3n) is 2.43. The van der Waals surface area contributed by atoms with Gasteiger partial charge in [-0.15, -0.1) is 0 Å². The van der Waals surface area contributed by atoms with Gasteiger partial charge in [0.25, 0.3) is 0 Å². The molecule has 1 rings (SSSR count). The Morgan fingerprint density at radius 1 is 1.40 bits per heavy atom. The van der Waals surface area contributed by atoms with Crippen molar-refractivity contribution in [2.45, 2.75) is 12.8 Å². The van der Waals surface area contributed by atoms with Gasteiger partial charge in [-0.3, -0.25) is 9.59 Å². The van der Waals surface area contributed by atoms with Gasteiger partial charge in [0.1, 0.15) is 6.54 Å². The number of hydrogen-bond donors (Lipinski definition) is 2. The van der Waals surface area contributed by atoms with Gasteiger partial charge < -0.3 is 10.4 Å². The van der Waals surface area contributed by atoms with Crippen LogP contribution in [0.3, 0.4) is 0 Å². The van der Waals surface area contributed by atoms with Crippen LogP contribution in [-0.2, 0) is 9.59 Å². The summed E-state index contributed by atoms with van der Waals surface area (Å²) in [6.07, 6.45) is 4.37. The Hall–Kier alpha value is -1.83. The minimum atomic E-state index is -0.962. The van der Waals surface area contributed by atoms with Crippen LogP contribution in [0, 0.1) is 23.2 Å². The predicted octanol–water partition coefficient (Wildman–Crippen LogP) is 0.293. The quantitative estimate of drug-likeness (QED) is 0.515. The van der Waals surface area contributed by atoms with Gasteiger partial charge in [-0.05, 0) is 12.8 Å². The lowest BCUT2D eigenvalue weighted by Gasteiger charge is -2.23. The molecule has 2 atom stereocenters. The third kappa shape index (κ3) is 2.81. The lowest BCUT2D eigenvalue weighted by Crippen LogP contribution is -2.38. The van der Waals surface area contributed by atoms with E-state index >= 15 is 0 Å². The molecule has 0 aliphatic heterocycles. The fraction of sp³-hybridized carbons (Fsp3) is 0.500. The number of rotatable bonds is 3. The molecule has 0 saturated heterocycles. The Kier molecular flexibility index (Phi) is 3.86. The van der Waals surface area contributed by atoms with Gasteiger partial charge in [0.15, 0.2) is 0 Å². The largest absolute Gasteiger partial charge is 0.481 e. The standard InChI is InChI=1S/C10H12N2O3/c11-5-6-12-9(13)7-3-1-2-4-8(7)10(14)15/h1-2,7-8H,3-4,6H2,(H,12,13)(H,14,15)/t7-,8+/m1/s1. The Labute approximate surface area is 87.4 Å². The minimum Gasteiger partial charge on any atom is -0.481 e. The first-order chi connectivity index (χ1) is 7.16. The van der Waals surface area contributed by atoms with Crippen LogP contribution in [0.1, 0.15) is 12.8 Å². The molecule has 1 amide bonds. The first-order valence-electron chi connectivity index (χ1n) is 4.69. The van der Waals surface area contributed by atoms with Crippen LogP contribution in [-0.4, -0.2) is 23.5 Å². The number of nitrogens with zero attached hydrogens (tertiary/aromatic N) is 1. The van der Waals surface area contributed by atoms with E-state index in [1.165, 1.54) is 0 Å². The smallest absolute Gasteiger partial charge is 0.307 e. The number of carboxylic acid groups (broad SMARTS) is 1. The molecule has 15 heavy (non-hydrogen) atoms. The van der Waals surface area contributed by atoms with Gasteiger partial charge in [-0.1, -0.05) is 12.2 Å². The molecule has 0 fully saturated rings. The lowest BCUT2D eigenvalue weighted by atomic mass is 9.82. The number of nitriles is 1. The molecule has 1 aliphatic rings. The maximum absolute atomic E-state index is 11.5. The molecule has 0 heterocycles. The Morgan fingerprint density at radius 3 is 2.53 bits per heavy atom. The molecule has 80 valence electrons. The summed E-state index contributed by atoms with van der Waals surface area (Å²) in [4.78, 5) is 22.4. The van der Waals surface area contributed by atoms with E-state index < -0.39 is 17.8 Å². The van der Waals surface area contributed by atoms with Crippen LogP contribution in [0.15, 0.2) is 12.2 Å². The van der Waals surface area contributed by atoms with E-state index in [1.807, 2.05) is 0 Å². The highest BCUT2D eigenvalue weighted by atomic mass is 16.4. The molecule has 5 heteroatoms. The highest BCUT2D eigenvalue weighted by Gasteiger charge is 2.33. The Balaban J connectivity index is 2.65. The van der Waals surface area contributed by atoms with Gasteiger partial charge in [-0.2, -0.15) is 5.26 Å². The summed E-state index contributed by atoms with van der Waals surface area (Å²) < 4.78 is 0. The second-order valence-corrected chi connectivity index (χ2v) is 3.37. The van der Waals surface area contributed by atoms with Crippen LogP contribution in [0.25, 0.3) is 0 Å². The maximum Gasteiger partial charge on any atom is 0.307 e. The van der Waals surface area contributed by atoms with Crippen LogP contribution >= 0.6 is 0 Å². The second kappa shape index (κ2) is 5.15. The van der Waals surface area contributed by atoms with E-state index in [2.05, 4.69) is 5.32 Å². The number of carbonyl (C=O) groups is 2. The van der Waals surface area contributed by atoms with E-state index in [0.29, 0.717) is 12.8 Å². The summed E-state index contributed by atoms with van der Waals surface area (Å²) in [5, 5.41) is 19.6. The van der Waals surface area contributed by atoms with Crippen molar-refractivity contribution in [2.24, 2.45) is 11.8 Å². The molecule has 0 bridgehead atoms. The monoisotopic (exact) mass is 208 g/mol. The third-order valence-corrected chi connectivity index (χ3v) is 2.43. The van der Waals surface area contributed by atoms with Gasteiger partial charge in [0.05, 0.1) is 17.9 Å². The van der Waals surface area contributed by atoms with E-state index in [4.69, 9.17) is 10.4 Å². The number of aliphatic carboxylic acids is 1. The lowest BCUT2D eigenvalue weighted by molar-refractivity contribution is -0.147. The first kappa shape index (κ1) is 11.2. The molecule has 1 aliphatic carbocycles. The average molecular weight is 208 g/mol. The molecule has 5 nitrogen and oxygen atoms in total. The summed E-state index contributed by atoms with van der Waals surface area (Å²) in [6.45, 7) is -0.0780. The normalized spacial score (nSPS) is 24.2. The van der Waals surface area contributed by atoms with Gasteiger partial charge in [-0.25, -0.2) is 0 Å². The van der Waals surface area contributed by atoms with Crippen molar-refractivity contribution in [1.29, 1.82) is 5.26 Å². The molecule has 0 aromatic heterocycles. The van der Waals surface area contributed by atoms with Crippen molar-refractivity contribution in [3.8, 4) is 6.07 Å². The molecule has 0 spiro atoms. The molecule has 0 aromatic rings. The molecule has 0 aromatic carbocycles. The summed E-state index contributed by atoms with van der Waals surface area (Å²) in [6, 6.07) is 1.78. The fourth-order valence-corrected chi connectivity index (χ4v) is 1.63. The molecule has 0 saturated carbocycles. The number of carboxylic acids is 1. The molecule has 0 radical (unpaired) electrons. The first-order valence-corrected chi connectivity index (χ1v) is 4.69. The predicted molar refractivity (Wildman–Crippen MR) is 51.6 cm³/mol. The number of allylic oxidation sites excluding steroid dienone is 2. The molecule has 0 unspecified atom stereocenters. The summed E-state index contributed by atoms with van der Waals surface area (Å²) in [7, 11) is 0. The van der Waals surface area contributed by atoms with Gasteiger partial charge >= 0.3 is 5.97 Å². The van der Waals surface area contributed by atoms with Crippen molar-refractivity contribution < 1.29 is 14.7 Å². The summed E-state index contributed by atoms with van der Waals surface area (Å²) >= 11 is 0. The molecule has 2 N–H and O–H groups in total. The zero-order chi connectivity index (χ0) is 11.3. The van der Waals surface area contributed by atoms with Crippen LogP contribution in [0.5, 0.6) is 0 Å². The van der Waals surface area contributed by atoms with Crippen LogP contribution in [0.2, 0.25) is 0 Å². The number of nitrogens with one attached hydrogen (secondary N) is 1. The molecular formula is C10H12N2O3. The van der Waals surface area contributed by atoms with Crippen molar-refractivity contribution in [3.05, 3.63) is 12.2 Å². The van der Waals surface area contributed by atoms with E-state index in [9.17, 15) is 9.59 Å². The van der Waals surface area contributed by atoms with Crippen molar-refractivity contribution in [3.63, 3.8) is 0 Å². The average Bonchev–Trinajstić information content (AvgIpc) is 2.25. The summed E-state index contributed by atoms with van der Waals surface area (Å²) in [5.41, 5.74) is 0. The maximum atomic E-state index is 11.5. The highest BCUT2D eigenvalue weighted by molar-refractivity contribution is 5.85. The topological polar surface area (TPSA) is 90.2 Å². The number of carbonyl (C=O) groups excluding carboxylic acids is 1. The van der Waals surface area contributed by atoms with Crippen LogP contribution < -0.4 is 5.32 Å². The highest BCUT2D eigenvalue weighted by Crippen LogP contribution is 2.25.